The van der Waals surface area contributed by atoms with Gasteiger partial charge in [-0.15, -0.1) is 0 Å². The molecule has 248 valence electrons. The summed E-state index contributed by atoms with van der Waals surface area (Å²) in [5.74, 6) is 0.234. The van der Waals surface area contributed by atoms with Crippen molar-refractivity contribution in [2.45, 2.75) is 66.1 Å². The van der Waals surface area contributed by atoms with Crippen LogP contribution in [0, 0.1) is 10.8 Å². The SMILES string of the molecule is CO[C@@H]1[C@H](O)[C@@H](COP(=O)(OCCSC(=O)C(C)(C)C)OCCSC(=O)C(C)(C)C)O[C@H]1n1c(Br)nc2c(=O)[nH]c(N)nc21. The van der Waals surface area contributed by atoms with E-state index in [1.54, 1.807) is 41.5 Å². The Labute approximate surface area is 271 Å². The number of halogens is 1. The molecule has 15 nitrogen and oxygen atoms in total. The van der Waals surface area contributed by atoms with Crippen molar-refractivity contribution in [3.8, 4) is 0 Å². The fourth-order valence-corrected chi connectivity index (χ4v) is 7.34. The molecule has 0 spiro atoms. The number of thioether (sulfide) groups is 2. The van der Waals surface area contributed by atoms with E-state index in [4.69, 9.17) is 28.8 Å². The molecule has 1 saturated heterocycles. The molecule has 1 aliphatic rings. The first kappa shape index (κ1) is 37.1. The number of anilines is 1. The zero-order valence-corrected chi connectivity index (χ0v) is 29.6. The van der Waals surface area contributed by atoms with Gasteiger partial charge in [0, 0.05) is 29.4 Å². The summed E-state index contributed by atoms with van der Waals surface area (Å²) in [7, 11) is -2.89. The number of rotatable bonds is 13. The highest BCUT2D eigenvalue weighted by Crippen LogP contribution is 2.50. The van der Waals surface area contributed by atoms with E-state index in [-0.39, 0.29) is 56.8 Å². The first-order chi connectivity index (χ1) is 20.4. The van der Waals surface area contributed by atoms with Crippen molar-refractivity contribution in [3.63, 3.8) is 0 Å². The van der Waals surface area contributed by atoms with Gasteiger partial charge in [0.1, 0.15) is 18.3 Å². The number of aromatic nitrogens is 4. The molecule has 3 rings (SSSR count). The highest BCUT2D eigenvalue weighted by Gasteiger charge is 2.47. The predicted molar refractivity (Wildman–Crippen MR) is 170 cm³/mol. The molecule has 1 aliphatic heterocycles. The molecular formula is C25H39BrN5O10PS2. The smallest absolute Gasteiger partial charge is 0.387 e. The number of nitrogens with one attached hydrogen (secondary N) is 1. The van der Waals surface area contributed by atoms with Gasteiger partial charge in [-0.1, -0.05) is 65.1 Å². The molecule has 0 bridgehead atoms. The number of aromatic amines is 1. The Kier molecular flexibility index (Phi) is 12.7. The molecule has 3 heterocycles. The van der Waals surface area contributed by atoms with Crippen LogP contribution in [0.4, 0.5) is 5.95 Å². The Bertz CT molecular complexity index is 1410. The summed E-state index contributed by atoms with van der Waals surface area (Å²) in [5, 5.41) is 10.9. The molecule has 44 heavy (non-hydrogen) atoms. The number of nitrogens with two attached hydrogens (primary N) is 1. The number of ether oxygens (including phenoxy) is 2. The van der Waals surface area contributed by atoms with Crippen molar-refractivity contribution in [3.05, 3.63) is 15.1 Å². The highest BCUT2D eigenvalue weighted by molar-refractivity contribution is 9.10. The maximum Gasteiger partial charge on any atom is 0.474 e. The average molecular weight is 745 g/mol. The minimum absolute atomic E-state index is 0.0179. The zero-order valence-electron chi connectivity index (χ0n) is 25.5. The van der Waals surface area contributed by atoms with Crippen molar-refractivity contribution in [1.82, 2.24) is 19.5 Å². The third kappa shape index (κ3) is 9.36. The topological polar surface area (TPSA) is 207 Å². The number of carbonyl (C=O) groups excluding carboxylic acids is 2. The fraction of sp³-hybridized carbons (Fsp3) is 0.720. The van der Waals surface area contributed by atoms with E-state index in [9.17, 15) is 24.1 Å². The standard InChI is InChI=1S/C25H39BrN5O10PS2/c1-24(2,3)20(34)43-10-8-38-42(36,39-9-11-44-21(35)25(4,5)6)40-12-13-15(32)16(37-7)19(41-13)31-17-14(28-22(31)26)18(33)30-23(27)29-17/h13,15-16,19,32H,8-12H2,1-7H3,(H3,27,29,30,33)/t13-,15-,16-,19-/m1/s1. The molecule has 0 radical (unpaired) electrons. The number of imidazole rings is 1. The molecule has 4 atom stereocenters. The number of phosphoric ester groups is 1. The van der Waals surface area contributed by atoms with Crippen LogP contribution in [0.1, 0.15) is 47.8 Å². The highest BCUT2D eigenvalue weighted by atomic mass is 79.9. The summed E-state index contributed by atoms with van der Waals surface area (Å²) in [6.45, 7) is 10.0. The number of methoxy groups -OCH3 is 1. The van der Waals surface area contributed by atoms with Crippen molar-refractivity contribution in [2.24, 2.45) is 10.8 Å². The van der Waals surface area contributed by atoms with Crippen LogP contribution in [0.5, 0.6) is 0 Å². The molecule has 2 aromatic rings. The maximum absolute atomic E-state index is 13.6. The normalized spacial score (nSPS) is 21.3. The second kappa shape index (κ2) is 15.0. The Balaban J connectivity index is 1.73. The minimum Gasteiger partial charge on any atom is -0.387 e. The lowest BCUT2D eigenvalue weighted by Crippen LogP contribution is -2.35. The van der Waals surface area contributed by atoms with Crippen LogP contribution in [0.25, 0.3) is 11.2 Å². The summed E-state index contributed by atoms with van der Waals surface area (Å²) in [5.41, 5.74) is 4.10. The maximum atomic E-state index is 13.6. The van der Waals surface area contributed by atoms with Gasteiger partial charge in [-0.05, 0) is 15.9 Å². The number of nitrogen functional groups attached to an aromatic ring is 1. The van der Waals surface area contributed by atoms with Gasteiger partial charge < -0.3 is 20.3 Å². The fourth-order valence-electron chi connectivity index (χ4n) is 3.80. The van der Waals surface area contributed by atoms with Crippen LogP contribution >= 0.6 is 47.3 Å². The molecule has 0 aromatic carbocycles. The van der Waals surface area contributed by atoms with E-state index in [0.717, 1.165) is 23.5 Å². The molecule has 0 unspecified atom stereocenters. The van der Waals surface area contributed by atoms with Crippen molar-refractivity contribution in [2.75, 3.05) is 44.2 Å². The Morgan fingerprint density at radius 3 is 2.11 bits per heavy atom. The van der Waals surface area contributed by atoms with Gasteiger partial charge >= 0.3 is 7.82 Å². The van der Waals surface area contributed by atoms with E-state index in [1.807, 2.05) is 0 Å². The van der Waals surface area contributed by atoms with Crippen molar-refractivity contribution < 1.29 is 42.3 Å². The summed E-state index contributed by atoms with van der Waals surface area (Å²) in [6, 6.07) is 0. The van der Waals surface area contributed by atoms with Crippen LogP contribution < -0.4 is 11.3 Å². The van der Waals surface area contributed by atoms with Crippen LogP contribution in [0.2, 0.25) is 0 Å². The Hall–Kier alpha value is -1.34. The third-order valence-electron chi connectivity index (χ3n) is 6.12. The van der Waals surface area contributed by atoms with Crippen LogP contribution in [-0.2, 0) is 37.2 Å². The number of nitrogens with zero attached hydrogens (tertiary/aromatic N) is 3. The molecule has 0 amide bonds. The van der Waals surface area contributed by atoms with E-state index in [1.165, 1.54) is 11.7 Å². The number of hydrogen-bond acceptors (Lipinski definition) is 15. The van der Waals surface area contributed by atoms with Gasteiger partial charge in [-0.3, -0.25) is 37.5 Å². The number of fused-ring (bicyclic) bond motifs is 1. The predicted octanol–water partition coefficient (Wildman–Crippen LogP) is 3.51. The third-order valence-corrected chi connectivity index (χ3v) is 10.6. The van der Waals surface area contributed by atoms with E-state index >= 15 is 0 Å². The molecule has 4 N–H and O–H groups in total. The molecular weight excluding hydrogens is 705 g/mol. The van der Waals surface area contributed by atoms with Crippen LogP contribution in [0.3, 0.4) is 0 Å². The average Bonchev–Trinajstić information content (AvgIpc) is 3.41. The van der Waals surface area contributed by atoms with Crippen LogP contribution in [0.15, 0.2) is 9.53 Å². The molecule has 0 saturated carbocycles. The number of H-pyrrole nitrogens is 1. The van der Waals surface area contributed by atoms with E-state index in [2.05, 4.69) is 30.9 Å². The summed E-state index contributed by atoms with van der Waals surface area (Å²) < 4.78 is 43.3. The van der Waals surface area contributed by atoms with Gasteiger partial charge in [0.05, 0.1) is 19.8 Å². The van der Waals surface area contributed by atoms with Crippen molar-refractivity contribution >= 4 is 74.6 Å². The summed E-state index contributed by atoms with van der Waals surface area (Å²) in [6.07, 6.45) is -4.41. The first-order valence-corrected chi connectivity index (χ1v) is 17.8. The largest absolute Gasteiger partial charge is 0.474 e. The molecule has 0 aliphatic carbocycles. The minimum atomic E-state index is -4.25. The van der Waals surface area contributed by atoms with Crippen molar-refractivity contribution in [1.29, 1.82) is 0 Å². The second-order valence-electron chi connectivity index (χ2n) is 11.8. The quantitative estimate of drug-likeness (QED) is 0.152. The zero-order chi connectivity index (χ0) is 33.0. The Morgan fingerprint density at radius 2 is 1.61 bits per heavy atom. The van der Waals surface area contributed by atoms with Gasteiger partial charge in [0.15, 0.2) is 32.4 Å². The second-order valence-corrected chi connectivity index (χ2v) is 16.3. The van der Waals surface area contributed by atoms with Gasteiger partial charge in [0.25, 0.3) is 5.56 Å². The van der Waals surface area contributed by atoms with Crippen LogP contribution in [-0.4, -0.2) is 91.6 Å². The number of phosphoric acid groups is 1. The molecule has 19 heteroatoms. The van der Waals surface area contributed by atoms with E-state index < -0.39 is 55.4 Å². The number of carbonyl (C=O) groups is 2. The van der Waals surface area contributed by atoms with E-state index in [0.29, 0.717) is 0 Å². The lowest BCUT2D eigenvalue weighted by molar-refractivity contribution is -0.118. The van der Waals surface area contributed by atoms with Gasteiger partial charge in [-0.2, -0.15) is 4.98 Å². The number of aliphatic hydroxyl groups excluding tert-OH is 1. The number of hydrogen-bond donors (Lipinski definition) is 3. The number of aliphatic hydroxyl groups is 1. The lowest BCUT2D eigenvalue weighted by atomic mass is 9.99. The Morgan fingerprint density at radius 1 is 1.07 bits per heavy atom. The lowest BCUT2D eigenvalue weighted by Gasteiger charge is -2.22. The molecule has 2 aromatic heterocycles. The summed E-state index contributed by atoms with van der Waals surface area (Å²) >= 11 is 5.35. The molecule has 1 fully saturated rings. The monoisotopic (exact) mass is 743 g/mol. The first-order valence-electron chi connectivity index (χ1n) is 13.6. The summed E-state index contributed by atoms with van der Waals surface area (Å²) in [4.78, 5) is 47.6. The van der Waals surface area contributed by atoms with Gasteiger partial charge in [0.2, 0.25) is 5.95 Å². The van der Waals surface area contributed by atoms with Gasteiger partial charge in [-0.25, -0.2) is 9.55 Å².